The van der Waals surface area contributed by atoms with Gasteiger partial charge in [-0.15, -0.1) is 0 Å². The molecule has 28 heavy (non-hydrogen) atoms. The van der Waals surface area contributed by atoms with Gasteiger partial charge in [-0.05, 0) is 12.8 Å². The maximum absolute atomic E-state index is 12.3. The Morgan fingerprint density at radius 2 is 2.25 bits per heavy atom. The van der Waals surface area contributed by atoms with Gasteiger partial charge in [-0.3, -0.25) is 4.79 Å². The maximum atomic E-state index is 12.3. The van der Waals surface area contributed by atoms with E-state index in [0.717, 1.165) is 12.8 Å². The molecule has 9 heteroatoms. The quantitative estimate of drug-likeness (QED) is 0.535. The third-order valence-corrected chi connectivity index (χ3v) is 4.77. The zero-order valence-corrected chi connectivity index (χ0v) is 16.1. The first kappa shape index (κ1) is 20.2. The van der Waals surface area contributed by atoms with Crippen LogP contribution in [0.1, 0.15) is 42.6 Å². The van der Waals surface area contributed by atoms with Crippen LogP contribution in [-0.4, -0.2) is 45.6 Å². The summed E-state index contributed by atoms with van der Waals surface area (Å²) in [7, 11) is 0. The zero-order valence-electron chi connectivity index (χ0n) is 15.4. The van der Waals surface area contributed by atoms with Crippen LogP contribution >= 0.6 is 11.6 Å². The summed E-state index contributed by atoms with van der Waals surface area (Å²) in [4.78, 5) is 28.0. The average molecular weight is 409 g/mol. The Kier molecular flexibility index (Phi) is 6.21. The van der Waals surface area contributed by atoms with Crippen molar-refractivity contribution in [2.75, 3.05) is 19.8 Å². The number of aromatic carboxylic acids is 1. The SMILES string of the molecule is CCCCOc1cc2c(nc1Cl)-c1cc(=O)c(C(=O)O)cn1[C@H](CCO)CO2. The number of ether oxygens (including phenoxy) is 2. The predicted octanol–water partition coefficient (Wildman–Crippen LogP) is 2.76. The Balaban J connectivity index is 2.13. The second-order valence-corrected chi connectivity index (χ2v) is 6.81. The molecule has 1 aliphatic rings. The number of halogens is 1. The number of carboxylic acid groups (broad SMARTS) is 1. The van der Waals surface area contributed by atoms with Gasteiger partial charge >= 0.3 is 5.97 Å². The molecule has 0 saturated carbocycles. The van der Waals surface area contributed by atoms with Crippen molar-refractivity contribution in [2.45, 2.75) is 32.2 Å². The van der Waals surface area contributed by atoms with Crippen LogP contribution in [0.2, 0.25) is 5.15 Å². The topological polar surface area (TPSA) is 111 Å². The van der Waals surface area contributed by atoms with Crippen LogP contribution in [0.3, 0.4) is 0 Å². The summed E-state index contributed by atoms with van der Waals surface area (Å²) in [5.74, 6) is -0.558. The van der Waals surface area contributed by atoms with E-state index in [-0.39, 0.29) is 30.0 Å². The minimum Gasteiger partial charge on any atom is -0.490 e. The van der Waals surface area contributed by atoms with Crippen molar-refractivity contribution in [1.82, 2.24) is 9.55 Å². The molecule has 2 N–H and O–H groups in total. The molecule has 0 bridgehead atoms. The average Bonchev–Trinajstić information content (AvgIpc) is 2.79. The van der Waals surface area contributed by atoms with E-state index < -0.39 is 11.4 Å². The molecule has 0 aromatic carbocycles. The number of aliphatic hydroxyl groups is 1. The van der Waals surface area contributed by atoms with E-state index in [1.807, 2.05) is 6.92 Å². The van der Waals surface area contributed by atoms with Crippen LogP contribution in [0.25, 0.3) is 11.4 Å². The van der Waals surface area contributed by atoms with Gasteiger partial charge in [-0.1, -0.05) is 24.9 Å². The molecule has 1 atom stereocenters. The monoisotopic (exact) mass is 408 g/mol. The molecular formula is C19H21ClN2O6. The van der Waals surface area contributed by atoms with E-state index in [1.54, 1.807) is 10.6 Å². The highest BCUT2D eigenvalue weighted by Crippen LogP contribution is 2.39. The van der Waals surface area contributed by atoms with Gasteiger partial charge in [-0.2, -0.15) is 0 Å². The smallest absolute Gasteiger partial charge is 0.341 e. The van der Waals surface area contributed by atoms with Gasteiger partial charge in [-0.25, -0.2) is 9.78 Å². The molecule has 2 aromatic heterocycles. The largest absolute Gasteiger partial charge is 0.490 e. The molecule has 0 radical (unpaired) electrons. The number of rotatable bonds is 7. The van der Waals surface area contributed by atoms with Crippen molar-refractivity contribution < 1.29 is 24.5 Å². The standard InChI is InChI=1S/C19H21ClN2O6/c1-2-3-6-27-16-8-15-17(21-18(16)20)13-7-14(24)12(19(25)26)9-22(13)11(4-5-23)10-28-15/h7-9,11,23H,2-6,10H2,1H3,(H,25,26)/t11-/m1/s1. The van der Waals surface area contributed by atoms with E-state index in [1.165, 1.54) is 12.3 Å². The first-order valence-corrected chi connectivity index (χ1v) is 9.40. The van der Waals surface area contributed by atoms with E-state index in [4.69, 9.17) is 21.1 Å². The van der Waals surface area contributed by atoms with Crippen molar-refractivity contribution >= 4 is 17.6 Å². The van der Waals surface area contributed by atoms with Gasteiger partial charge in [0.05, 0.1) is 18.3 Å². The van der Waals surface area contributed by atoms with Crippen LogP contribution in [0, 0.1) is 0 Å². The van der Waals surface area contributed by atoms with Gasteiger partial charge in [0.2, 0.25) is 0 Å². The molecule has 8 nitrogen and oxygen atoms in total. The minimum absolute atomic E-state index is 0.125. The highest BCUT2D eigenvalue weighted by molar-refractivity contribution is 6.31. The van der Waals surface area contributed by atoms with E-state index in [2.05, 4.69) is 4.98 Å². The third kappa shape index (κ3) is 3.98. The molecule has 3 heterocycles. The van der Waals surface area contributed by atoms with Crippen LogP contribution in [-0.2, 0) is 0 Å². The van der Waals surface area contributed by atoms with Crippen LogP contribution in [0.4, 0.5) is 0 Å². The van der Waals surface area contributed by atoms with Gasteiger partial charge < -0.3 is 24.3 Å². The molecule has 2 aromatic rings. The van der Waals surface area contributed by atoms with Crippen molar-refractivity contribution in [3.8, 4) is 22.9 Å². The summed E-state index contributed by atoms with van der Waals surface area (Å²) < 4.78 is 13.1. The number of aromatic nitrogens is 2. The molecule has 0 saturated heterocycles. The number of unbranched alkanes of at least 4 members (excludes halogenated alkanes) is 1. The van der Waals surface area contributed by atoms with Gasteiger partial charge in [0.25, 0.3) is 0 Å². The fraction of sp³-hybridized carbons (Fsp3) is 0.421. The molecule has 3 rings (SSSR count). The first-order chi connectivity index (χ1) is 13.5. The molecule has 0 aliphatic carbocycles. The minimum atomic E-state index is -1.32. The molecule has 0 unspecified atom stereocenters. The summed E-state index contributed by atoms with van der Waals surface area (Å²) in [6.45, 7) is 2.57. The lowest BCUT2D eigenvalue weighted by molar-refractivity contribution is 0.0694. The van der Waals surface area contributed by atoms with E-state index in [0.29, 0.717) is 35.9 Å². The lowest BCUT2D eigenvalue weighted by Gasteiger charge is -2.20. The van der Waals surface area contributed by atoms with Crippen molar-refractivity contribution in [3.05, 3.63) is 39.3 Å². The summed E-state index contributed by atoms with van der Waals surface area (Å²) in [5, 5.41) is 18.8. The lowest BCUT2D eigenvalue weighted by atomic mass is 10.1. The van der Waals surface area contributed by atoms with Crippen LogP contribution in [0.15, 0.2) is 23.1 Å². The van der Waals surface area contributed by atoms with Gasteiger partial charge in [0.1, 0.15) is 17.9 Å². The van der Waals surface area contributed by atoms with Crippen LogP contribution in [0.5, 0.6) is 11.5 Å². The highest BCUT2D eigenvalue weighted by atomic mass is 35.5. The lowest BCUT2D eigenvalue weighted by Crippen LogP contribution is -2.23. The second kappa shape index (κ2) is 8.62. The number of aliphatic hydroxyl groups excluding tert-OH is 1. The Labute approximate surface area is 166 Å². The van der Waals surface area contributed by atoms with Gasteiger partial charge in [0.15, 0.2) is 22.1 Å². The summed E-state index contributed by atoms with van der Waals surface area (Å²) in [5.41, 5.74) is -0.304. The third-order valence-electron chi connectivity index (χ3n) is 4.50. The second-order valence-electron chi connectivity index (χ2n) is 6.45. The molecule has 1 aliphatic heterocycles. The Morgan fingerprint density at radius 3 is 2.93 bits per heavy atom. The molecule has 0 spiro atoms. The highest BCUT2D eigenvalue weighted by Gasteiger charge is 2.27. The Morgan fingerprint density at radius 1 is 1.46 bits per heavy atom. The van der Waals surface area contributed by atoms with Crippen molar-refractivity contribution in [2.24, 2.45) is 0 Å². The van der Waals surface area contributed by atoms with Crippen molar-refractivity contribution in [1.29, 1.82) is 0 Å². The number of fused-ring (bicyclic) bond motifs is 3. The molecule has 0 amide bonds. The summed E-state index contributed by atoms with van der Waals surface area (Å²) in [6.07, 6.45) is 3.41. The predicted molar refractivity (Wildman–Crippen MR) is 103 cm³/mol. The fourth-order valence-corrected chi connectivity index (χ4v) is 3.21. The fourth-order valence-electron chi connectivity index (χ4n) is 3.02. The number of pyridine rings is 2. The number of hydrogen-bond donors (Lipinski definition) is 2. The summed E-state index contributed by atoms with van der Waals surface area (Å²) in [6, 6.07) is 2.46. The molecule has 0 fully saturated rings. The van der Waals surface area contributed by atoms with Gasteiger partial charge in [0, 0.05) is 24.9 Å². The maximum Gasteiger partial charge on any atom is 0.341 e. The first-order valence-electron chi connectivity index (χ1n) is 9.03. The Hall–Kier alpha value is -2.58. The number of nitrogens with zero attached hydrogens (tertiary/aromatic N) is 2. The normalized spacial score (nSPS) is 15.2. The van der Waals surface area contributed by atoms with E-state index in [9.17, 15) is 19.8 Å². The van der Waals surface area contributed by atoms with Crippen LogP contribution < -0.4 is 14.9 Å². The molecular weight excluding hydrogens is 388 g/mol. The zero-order chi connectivity index (χ0) is 20.3. The molecule has 150 valence electrons. The van der Waals surface area contributed by atoms with E-state index >= 15 is 0 Å². The number of carboxylic acids is 1. The summed E-state index contributed by atoms with van der Waals surface area (Å²) >= 11 is 6.27. The Bertz CT molecular complexity index is 943. The van der Waals surface area contributed by atoms with Crippen molar-refractivity contribution in [3.63, 3.8) is 0 Å². The number of hydrogen-bond acceptors (Lipinski definition) is 6. The number of carbonyl (C=O) groups is 1.